The van der Waals surface area contributed by atoms with Gasteiger partial charge in [-0.15, -0.1) is 0 Å². The molecule has 0 aliphatic carbocycles. The van der Waals surface area contributed by atoms with Gasteiger partial charge in [0.2, 0.25) is 0 Å². The average Bonchev–Trinajstić information content (AvgIpc) is 3.38. The van der Waals surface area contributed by atoms with Crippen molar-refractivity contribution in [3.63, 3.8) is 0 Å². The minimum atomic E-state index is 1.23. The number of aryl methyl sites for hydroxylation is 2. The molecule has 1 aromatic rings. The lowest BCUT2D eigenvalue weighted by Gasteiger charge is -2.07. The summed E-state index contributed by atoms with van der Waals surface area (Å²) in [5, 5.41) is 0. The topological polar surface area (TPSA) is 8.81 Å². The zero-order valence-corrected chi connectivity index (χ0v) is 29.6. The molecule has 1 rings (SSSR count). The third-order valence-corrected chi connectivity index (χ3v) is 9.60. The lowest BCUT2D eigenvalue weighted by molar-refractivity contribution is -0.704. The molecule has 0 radical (unpaired) electrons. The van der Waals surface area contributed by atoms with E-state index < -0.39 is 0 Å². The highest BCUT2D eigenvalue weighted by molar-refractivity contribution is 4.84. The Morgan fingerprint density at radius 1 is 0.405 bits per heavy atom. The standard InChI is InChI=1S/C40H79N2/c1-4-7-10-13-16-18-20-22-24-26-28-31-34-37-42-39-38-41(36-33-30-15-12-9-6-3)40(42)35-32-29-27-25-23-21-19-17-14-11-8-5-2/h38-39H,4-37H2,1-3H3/q+1. The van der Waals surface area contributed by atoms with E-state index in [1.54, 1.807) is 5.82 Å². The fourth-order valence-electron chi connectivity index (χ4n) is 6.68. The van der Waals surface area contributed by atoms with Gasteiger partial charge in [0.05, 0.1) is 13.1 Å². The lowest BCUT2D eigenvalue weighted by atomic mass is 10.0. The smallest absolute Gasteiger partial charge is 0.234 e. The zero-order chi connectivity index (χ0) is 30.2. The van der Waals surface area contributed by atoms with E-state index in [0.717, 1.165) is 0 Å². The number of hydrogen-bond donors (Lipinski definition) is 0. The molecule has 0 N–H and O–H groups in total. The predicted octanol–water partition coefficient (Wildman–Crippen LogP) is 13.5. The highest BCUT2D eigenvalue weighted by atomic mass is 15.1. The molecule has 0 aliphatic heterocycles. The van der Waals surface area contributed by atoms with E-state index in [2.05, 4.69) is 42.3 Å². The second kappa shape index (κ2) is 31.6. The van der Waals surface area contributed by atoms with Crippen LogP contribution in [0.5, 0.6) is 0 Å². The van der Waals surface area contributed by atoms with Crippen LogP contribution < -0.4 is 4.57 Å². The Labute approximate surface area is 266 Å². The maximum Gasteiger partial charge on any atom is 0.256 e. The first kappa shape index (κ1) is 39.2. The van der Waals surface area contributed by atoms with Crippen LogP contribution in [0.2, 0.25) is 0 Å². The molecule has 0 fully saturated rings. The third-order valence-electron chi connectivity index (χ3n) is 9.60. The molecule has 2 nitrogen and oxygen atoms in total. The Balaban J connectivity index is 2.25. The van der Waals surface area contributed by atoms with E-state index in [1.165, 1.54) is 219 Å². The summed E-state index contributed by atoms with van der Waals surface area (Å²) in [7, 11) is 0. The summed E-state index contributed by atoms with van der Waals surface area (Å²) in [5.41, 5.74) is 0. The van der Waals surface area contributed by atoms with Crippen molar-refractivity contribution in [1.82, 2.24) is 4.57 Å². The van der Waals surface area contributed by atoms with Gasteiger partial charge < -0.3 is 0 Å². The Bertz CT molecular complexity index is 648. The lowest BCUT2D eigenvalue weighted by Crippen LogP contribution is -2.37. The fraction of sp³-hybridized carbons (Fsp3) is 0.925. The summed E-state index contributed by atoms with van der Waals surface area (Å²) in [5.74, 6) is 1.62. The largest absolute Gasteiger partial charge is 0.256 e. The highest BCUT2D eigenvalue weighted by Gasteiger charge is 2.16. The van der Waals surface area contributed by atoms with Gasteiger partial charge in [0.15, 0.2) is 0 Å². The second-order valence-electron chi connectivity index (χ2n) is 13.8. The molecule has 0 aliphatic rings. The molecule has 0 atom stereocenters. The van der Waals surface area contributed by atoms with Crippen LogP contribution in [-0.4, -0.2) is 4.57 Å². The van der Waals surface area contributed by atoms with Gasteiger partial charge in [-0.3, -0.25) is 0 Å². The molecule has 0 bridgehead atoms. The number of rotatable bonds is 34. The van der Waals surface area contributed by atoms with Gasteiger partial charge in [0, 0.05) is 6.42 Å². The molecular weight excluding hydrogens is 508 g/mol. The van der Waals surface area contributed by atoms with Crippen molar-refractivity contribution >= 4 is 0 Å². The van der Waals surface area contributed by atoms with Gasteiger partial charge in [-0.25, -0.2) is 9.13 Å². The Kier molecular flexibility index (Phi) is 29.5. The number of imidazole rings is 1. The minimum absolute atomic E-state index is 1.23. The van der Waals surface area contributed by atoms with Crippen molar-refractivity contribution in [2.24, 2.45) is 0 Å². The summed E-state index contributed by atoms with van der Waals surface area (Å²) < 4.78 is 5.26. The van der Waals surface area contributed by atoms with Crippen LogP contribution in [-0.2, 0) is 19.5 Å². The van der Waals surface area contributed by atoms with E-state index in [-0.39, 0.29) is 0 Å². The van der Waals surface area contributed by atoms with Gasteiger partial charge in [-0.05, 0) is 32.1 Å². The number of unbranched alkanes of at least 4 members (excludes halogenated alkanes) is 28. The van der Waals surface area contributed by atoms with Crippen LogP contribution in [0.25, 0.3) is 0 Å². The Morgan fingerprint density at radius 2 is 0.738 bits per heavy atom. The van der Waals surface area contributed by atoms with Crippen molar-refractivity contribution < 1.29 is 4.57 Å². The summed E-state index contributed by atoms with van der Waals surface area (Å²) in [6, 6.07) is 0. The van der Waals surface area contributed by atoms with Gasteiger partial charge in [0.1, 0.15) is 12.4 Å². The molecule has 0 spiro atoms. The summed E-state index contributed by atoms with van der Waals surface area (Å²) in [6.07, 6.45) is 50.4. The highest BCUT2D eigenvalue weighted by Crippen LogP contribution is 2.15. The van der Waals surface area contributed by atoms with Crippen molar-refractivity contribution in [2.45, 2.75) is 239 Å². The maximum absolute atomic E-state index is 2.63. The molecule has 2 heteroatoms. The van der Waals surface area contributed by atoms with Crippen molar-refractivity contribution in [2.75, 3.05) is 0 Å². The molecule has 1 aromatic heterocycles. The molecular formula is C40H79N2+. The molecule has 1 heterocycles. The average molecular weight is 588 g/mol. The molecule has 248 valence electrons. The van der Waals surface area contributed by atoms with Crippen LogP contribution >= 0.6 is 0 Å². The van der Waals surface area contributed by atoms with Crippen LogP contribution in [0.4, 0.5) is 0 Å². The molecule has 42 heavy (non-hydrogen) atoms. The number of nitrogens with zero attached hydrogens (tertiary/aromatic N) is 2. The summed E-state index contributed by atoms with van der Waals surface area (Å²) in [6.45, 7) is 9.40. The monoisotopic (exact) mass is 588 g/mol. The van der Waals surface area contributed by atoms with E-state index in [0.29, 0.717) is 0 Å². The van der Waals surface area contributed by atoms with Gasteiger partial charge in [-0.1, -0.05) is 188 Å². The van der Waals surface area contributed by atoms with Gasteiger partial charge >= 0.3 is 0 Å². The first-order valence-electron chi connectivity index (χ1n) is 19.9. The van der Waals surface area contributed by atoms with Crippen LogP contribution in [0.1, 0.15) is 226 Å². The van der Waals surface area contributed by atoms with Gasteiger partial charge in [-0.2, -0.15) is 0 Å². The number of hydrogen-bond acceptors (Lipinski definition) is 0. The first-order valence-corrected chi connectivity index (χ1v) is 19.9. The van der Waals surface area contributed by atoms with E-state index in [9.17, 15) is 0 Å². The quantitative estimate of drug-likeness (QED) is 0.0560. The SMILES string of the molecule is CCCCCCCCCCCCCCCn1cc[n+](CCCCCCCC)c1CCCCCCCCCCCCCC. The summed E-state index contributed by atoms with van der Waals surface area (Å²) in [4.78, 5) is 0. The minimum Gasteiger partial charge on any atom is -0.234 e. The summed E-state index contributed by atoms with van der Waals surface area (Å²) >= 11 is 0. The second-order valence-corrected chi connectivity index (χ2v) is 13.8. The van der Waals surface area contributed by atoms with Crippen LogP contribution in [0.15, 0.2) is 12.4 Å². The van der Waals surface area contributed by atoms with Crippen LogP contribution in [0, 0.1) is 0 Å². The molecule has 0 amide bonds. The van der Waals surface area contributed by atoms with E-state index in [1.807, 2.05) is 0 Å². The first-order chi connectivity index (χ1) is 20.8. The fourth-order valence-corrected chi connectivity index (χ4v) is 6.68. The molecule has 0 aromatic carbocycles. The van der Waals surface area contributed by atoms with Crippen molar-refractivity contribution in [3.05, 3.63) is 18.2 Å². The molecule has 0 unspecified atom stereocenters. The Morgan fingerprint density at radius 3 is 1.14 bits per heavy atom. The molecule has 0 saturated heterocycles. The molecule has 0 saturated carbocycles. The van der Waals surface area contributed by atoms with Crippen molar-refractivity contribution in [3.8, 4) is 0 Å². The third kappa shape index (κ3) is 23.6. The predicted molar refractivity (Wildman–Crippen MR) is 188 cm³/mol. The maximum atomic E-state index is 2.63. The van der Waals surface area contributed by atoms with Crippen molar-refractivity contribution in [1.29, 1.82) is 0 Å². The Hall–Kier alpha value is -0.790. The van der Waals surface area contributed by atoms with E-state index in [4.69, 9.17) is 0 Å². The van der Waals surface area contributed by atoms with Gasteiger partial charge in [0.25, 0.3) is 5.82 Å². The number of aromatic nitrogens is 2. The normalized spacial score (nSPS) is 11.6. The van der Waals surface area contributed by atoms with E-state index >= 15 is 0 Å². The van der Waals surface area contributed by atoms with Crippen LogP contribution in [0.3, 0.4) is 0 Å². The zero-order valence-electron chi connectivity index (χ0n) is 29.6.